The molecule has 1 aliphatic carbocycles. The fourth-order valence-corrected chi connectivity index (χ4v) is 2.23. The first kappa shape index (κ1) is 11.5. The summed E-state index contributed by atoms with van der Waals surface area (Å²) in [5.41, 5.74) is 0.109. The fourth-order valence-electron chi connectivity index (χ4n) is 1.98. The van der Waals surface area contributed by atoms with Crippen LogP contribution in [-0.2, 0) is 7.05 Å². The lowest BCUT2D eigenvalue weighted by Crippen LogP contribution is -2.56. The number of halogens is 1. The molecule has 5 heteroatoms. The van der Waals surface area contributed by atoms with E-state index in [4.69, 9.17) is 11.6 Å². The van der Waals surface area contributed by atoms with E-state index in [-0.39, 0.29) is 12.5 Å². The Balaban J connectivity index is 2.11. The molecule has 0 atom stereocenters. The molecule has 0 bridgehead atoms. The van der Waals surface area contributed by atoms with Gasteiger partial charge in [-0.25, -0.2) is 0 Å². The van der Waals surface area contributed by atoms with Crippen LogP contribution in [0.2, 0.25) is 5.02 Å². The van der Waals surface area contributed by atoms with Crippen LogP contribution in [0, 0.1) is 0 Å². The number of hydrogen-bond donors (Lipinski definition) is 2. The van der Waals surface area contributed by atoms with Crippen molar-refractivity contribution in [2.45, 2.75) is 24.8 Å². The molecule has 0 spiro atoms. The number of aliphatic hydroxyl groups excluding tert-OH is 1. The SMILES string of the molecule is Cn1cc(Cl)cc1C(=O)NC1(CO)CCC1. The van der Waals surface area contributed by atoms with E-state index in [1.165, 1.54) is 0 Å². The van der Waals surface area contributed by atoms with Crippen LogP contribution in [-0.4, -0.2) is 27.7 Å². The Hall–Kier alpha value is -1.00. The van der Waals surface area contributed by atoms with Gasteiger partial charge in [-0.1, -0.05) is 11.6 Å². The second-order valence-corrected chi connectivity index (χ2v) is 4.84. The standard InChI is InChI=1S/C11H15ClN2O2/c1-14-6-8(12)5-9(14)10(16)13-11(7-15)3-2-4-11/h5-6,15H,2-4,7H2,1H3,(H,13,16). The van der Waals surface area contributed by atoms with Gasteiger partial charge in [-0.3, -0.25) is 4.79 Å². The van der Waals surface area contributed by atoms with Crippen molar-refractivity contribution in [1.29, 1.82) is 0 Å². The Labute approximate surface area is 99.2 Å². The van der Waals surface area contributed by atoms with Gasteiger partial charge in [-0.2, -0.15) is 0 Å². The predicted octanol–water partition coefficient (Wildman–Crippen LogP) is 1.32. The van der Waals surface area contributed by atoms with E-state index in [1.54, 1.807) is 23.9 Å². The molecule has 0 unspecified atom stereocenters. The number of amides is 1. The minimum Gasteiger partial charge on any atom is -0.394 e. The quantitative estimate of drug-likeness (QED) is 0.840. The monoisotopic (exact) mass is 242 g/mol. The highest BCUT2D eigenvalue weighted by Crippen LogP contribution is 2.31. The van der Waals surface area contributed by atoms with E-state index >= 15 is 0 Å². The van der Waals surface area contributed by atoms with Crippen LogP contribution in [0.5, 0.6) is 0 Å². The number of hydrogen-bond acceptors (Lipinski definition) is 2. The van der Waals surface area contributed by atoms with Crippen molar-refractivity contribution in [3.63, 3.8) is 0 Å². The zero-order valence-electron chi connectivity index (χ0n) is 9.16. The van der Waals surface area contributed by atoms with Gasteiger partial charge in [0.25, 0.3) is 5.91 Å². The molecule has 1 heterocycles. The number of nitrogens with zero attached hydrogens (tertiary/aromatic N) is 1. The van der Waals surface area contributed by atoms with Crippen molar-refractivity contribution in [2.24, 2.45) is 7.05 Å². The molecule has 1 fully saturated rings. The molecule has 0 radical (unpaired) electrons. The summed E-state index contributed by atoms with van der Waals surface area (Å²) >= 11 is 5.81. The summed E-state index contributed by atoms with van der Waals surface area (Å²) in [6.07, 6.45) is 4.42. The van der Waals surface area contributed by atoms with Crippen LogP contribution in [0.3, 0.4) is 0 Å². The Morgan fingerprint density at radius 1 is 1.69 bits per heavy atom. The summed E-state index contributed by atoms with van der Waals surface area (Å²) in [4.78, 5) is 11.9. The summed E-state index contributed by atoms with van der Waals surface area (Å²) in [7, 11) is 1.77. The maximum absolute atomic E-state index is 11.9. The third-order valence-electron chi connectivity index (χ3n) is 3.20. The second kappa shape index (κ2) is 4.11. The Bertz CT molecular complexity index is 405. The highest BCUT2D eigenvalue weighted by molar-refractivity contribution is 6.31. The molecule has 1 aromatic heterocycles. The maximum atomic E-state index is 11.9. The van der Waals surface area contributed by atoms with Gasteiger partial charge in [0.05, 0.1) is 17.2 Å². The molecular weight excluding hydrogens is 228 g/mol. The number of rotatable bonds is 3. The van der Waals surface area contributed by atoms with E-state index < -0.39 is 5.54 Å². The highest BCUT2D eigenvalue weighted by atomic mass is 35.5. The van der Waals surface area contributed by atoms with Crippen molar-refractivity contribution in [3.8, 4) is 0 Å². The molecule has 2 N–H and O–H groups in total. The molecule has 2 rings (SSSR count). The van der Waals surface area contributed by atoms with Crippen molar-refractivity contribution >= 4 is 17.5 Å². The number of nitrogens with one attached hydrogen (secondary N) is 1. The summed E-state index contributed by atoms with van der Waals surface area (Å²) in [5, 5.41) is 12.7. The van der Waals surface area contributed by atoms with Crippen LogP contribution in [0.15, 0.2) is 12.3 Å². The van der Waals surface area contributed by atoms with Gasteiger partial charge < -0.3 is 15.0 Å². The predicted molar refractivity (Wildman–Crippen MR) is 61.6 cm³/mol. The zero-order valence-corrected chi connectivity index (χ0v) is 9.92. The first-order valence-corrected chi connectivity index (χ1v) is 5.69. The number of aliphatic hydroxyl groups is 1. The average Bonchev–Trinajstić information content (AvgIpc) is 2.51. The summed E-state index contributed by atoms with van der Waals surface area (Å²) < 4.78 is 1.68. The largest absolute Gasteiger partial charge is 0.394 e. The smallest absolute Gasteiger partial charge is 0.268 e. The summed E-state index contributed by atoms with van der Waals surface area (Å²) in [5.74, 6) is -0.178. The van der Waals surface area contributed by atoms with Crippen LogP contribution in [0.1, 0.15) is 29.8 Å². The van der Waals surface area contributed by atoms with E-state index in [1.807, 2.05) is 0 Å². The first-order chi connectivity index (χ1) is 7.56. The molecule has 0 aliphatic heterocycles. The van der Waals surface area contributed by atoms with Crippen molar-refractivity contribution in [2.75, 3.05) is 6.61 Å². The lowest BCUT2D eigenvalue weighted by atomic mass is 9.77. The molecule has 1 aliphatic rings. The van der Waals surface area contributed by atoms with E-state index in [0.29, 0.717) is 10.7 Å². The minimum atomic E-state index is -0.409. The second-order valence-electron chi connectivity index (χ2n) is 4.40. The fraction of sp³-hybridized carbons (Fsp3) is 0.545. The lowest BCUT2D eigenvalue weighted by molar-refractivity contribution is 0.0635. The highest BCUT2D eigenvalue weighted by Gasteiger charge is 2.38. The lowest BCUT2D eigenvalue weighted by Gasteiger charge is -2.40. The van der Waals surface area contributed by atoms with Gasteiger partial charge in [0.2, 0.25) is 0 Å². The van der Waals surface area contributed by atoms with E-state index in [9.17, 15) is 9.90 Å². The van der Waals surface area contributed by atoms with Crippen LogP contribution >= 0.6 is 11.6 Å². The molecule has 1 aromatic rings. The molecule has 88 valence electrons. The molecule has 1 amide bonds. The van der Waals surface area contributed by atoms with Crippen molar-refractivity contribution < 1.29 is 9.90 Å². The molecule has 0 aromatic carbocycles. The number of carbonyl (C=O) groups is 1. The van der Waals surface area contributed by atoms with Crippen LogP contribution in [0.4, 0.5) is 0 Å². The van der Waals surface area contributed by atoms with Gasteiger partial charge in [0.1, 0.15) is 5.69 Å². The Morgan fingerprint density at radius 3 is 2.75 bits per heavy atom. The van der Waals surface area contributed by atoms with Crippen molar-refractivity contribution in [1.82, 2.24) is 9.88 Å². The normalized spacial score (nSPS) is 17.9. The Morgan fingerprint density at radius 2 is 2.38 bits per heavy atom. The average molecular weight is 243 g/mol. The third-order valence-corrected chi connectivity index (χ3v) is 3.40. The van der Waals surface area contributed by atoms with Gasteiger partial charge in [-0.05, 0) is 25.3 Å². The third kappa shape index (κ3) is 1.95. The molecule has 4 nitrogen and oxygen atoms in total. The molecular formula is C11H15ClN2O2. The molecule has 1 saturated carbocycles. The zero-order chi connectivity index (χ0) is 11.8. The first-order valence-electron chi connectivity index (χ1n) is 5.32. The van der Waals surface area contributed by atoms with Gasteiger partial charge >= 0.3 is 0 Å². The summed E-state index contributed by atoms with van der Waals surface area (Å²) in [6, 6.07) is 1.63. The van der Waals surface area contributed by atoms with Gasteiger partial charge in [0.15, 0.2) is 0 Å². The maximum Gasteiger partial charge on any atom is 0.268 e. The Kier molecular flexibility index (Phi) is 2.95. The van der Waals surface area contributed by atoms with Gasteiger partial charge in [0, 0.05) is 13.2 Å². The van der Waals surface area contributed by atoms with Crippen LogP contribution in [0.25, 0.3) is 0 Å². The molecule has 0 saturated heterocycles. The van der Waals surface area contributed by atoms with Gasteiger partial charge in [-0.15, -0.1) is 0 Å². The van der Waals surface area contributed by atoms with Crippen molar-refractivity contribution in [3.05, 3.63) is 23.0 Å². The van der Waals surface area contributed by atoms with E-state index in [0.717, 1.165) is 19.3 Å². The molecule has 16 heavy (non-hydrogen) atoms. The number of aryl methyl sites for hydroxylation is 1. The number of carbonyl (C=O) groups excluding carboxylic acids is 1. The number of aromatic nitrogens is 1. The topological polar surface area (TPSA) is 54.3 Å². The van der Waals surface area contributed by atoms with Crippen LogP contribution < -0.4 is 5.32 Å². The van der Waals surface area contributed by atoms with E-state index in [2.05, 4.69) is 5.32 Å². The summed E-state index contributed by atoms with van der Waals surface area (Å²) in [6.45, 7) is -0.00308. The minimum absolute atomic E-state index is 0.00308.